The number of esters is 1. The zero-order valence-electron chi connectivity index (χ0n) is 9.00. The first-order valence-corrected chi connectivity index (χ1v) is 6.04. The van der Waals surface area contributed by atoms with E-state index in [1.54, 1.807) is 4.72 Å². The van der Waals surface area contributed by atoms with E-state index in [0.29, 0.717) is 5.56 Å². The van der Waals surface area contributed by atoms with Crippen LogP contribution in [0.4, 0.5) is 0 Å². The Morgan fingerprint density at radius 2 is 2.00 bits per heavy atom. The summed E-state index contributed by atoms with van der Waals surface area (Å²) in [6.07, 6.45) is 1.42. The van der Waals surface area contributed by atoms with E-state index >= 15 is 0 Å². The summed E-state index contributed by atoms with van der Waals surface area (Å²) >= 11 is 0. The number of nitrogens with one attached hydrogen (secondary N) is 1. The molecule has 0 spiro atoms. The van der Waals surface area contributed by atoms with Crippen LogP contribution in [0, 0.1) is 11.5 Å². The minimum absolute atomic E-state index is 0.0346. The van der Waals surface area contributed by atoms with Crippen LogP contribution >= 0.6 is 0 Å². The number of hydrogen-bond donors (Lipinski definition) is 1. The second kappa shape index (κ2) is 5.32. The van der Waals surface area contributed by atoms with E-state index in [9.17, 15) is 13.2 Å². The summed E-state index contributed by atoms with van der Waals surface area (Å²) < 4.78 is 29.0. The molecule has 0 atom stereocenters. The van der Waals surface area contributed by atoms with E-state index in [4.69, 9.17) is 5.26 Å². The zero-order valence-corrected chi connectivity index (χ0v) is 9.82. The minimum Gasteiger partial charge on any atom is -0.469 e. The first kappa shape index (κ1) is 13.0. The fourth-order valence-electron chi connectivity index (χ4n) is 1.14. The third-order valence-electron chi connectivity index (χ3n) is 1.99. The van der Waals surface area contributed by atoms with Crippen LogP contribution in [-0.2, 0) is 26.0 Å². The Morgan fingerprint density at radius 1 is 1.41 bits per heavy atom. The molecule has 1 rings (SSSR count). The maximum absolute atomic E-state index is 11.4. The van der Waals surface area contributed by atoms with Crippen molar-refractivity contribution < 1.29 is 17.9 Å². The molecule has 1 aromatic carbocycles. The third-order valence-corrected chi connectivity index (χ3v) is 3.24. The van der Waals surface area contributed by atoms with Crippen molar-refractivity contribution in [2.24, 2.45) is 0 Å². The highest BCUT2D eigenvalue weighted by atomic mass is 32.2. The average molecular weight is 254 g/mol. The monoisotopic (exact) mass is 254 g/mol. The zero-order chi connectivity index (χ0) is 12.9. The molecule has 0 heterocycles. The molecule has 0 radical (unpaired) electrons. The van der Waals surface area contributed by atoms with Gasteiger partial charge in [0, 0.05) is 0 Å². The molecule has 0 fully saturated rings. The summed E-state index contributed by atoms with van der Waals surface area (Å²) in [6.45, 7) is 0. The van der Waals surface area contributed by atoms with Gasteiger partial charge in [-0.15, -0.1) is 0 Å². The van der Waals surface area contributed by atoms with E-state index < -0.39 is 16.0 Å². The van der Waals surface area contributed by atoms with E-state index in [0.717, 1.165) is 0 Å². The van der Waals surface area contributed by atoms with Gasteiger partial charge in [0.25, 0.3) is 10.0 Å². The van der Waals surface area contributed by atoms with Gasteiger partial charge in [0.15, 0.2) is 6.19 Å². The van der Waals surface area contributed by atoms with Crippen molar-refractivity contribution in [3.8, 4) is 6.19 Å². The lowest BCUT2D eigenvalue weighted by Gasteiger charge is -2.03. The van der Waals surface area contributed by atoms with E-state index in [2.05, 4.69) is 4.74 Å². The fraction of sp³-hybridized carbons (Fsp3) is 0.200. The van der Waals surface area contributed by atoms with Crippen molar-refractivity contribution in [1.29, 1.82) is 5.26 Å². The molecule has 1 aromatic rings. The molecule has 0 unspecified atom stereocenters. The quantitative estimate of drug-likeness (QED) is 0.469. The number of sulfonamides is 1. The van der Waals surface area contributed by atoms with E-state index in [1.807, 2.05) is 0 Å². The van der Waals surface area contributed by atoms with Gasteiger partial charge in [-0.05, 0) is 17.7 Å². The van der Waals surface area contributed by atoms with Crippen LogP contribution < -0.4 is 4.72 Å². The lowest BCUT2D eigenvalue weighted by molar-refractivity contribution is -0.139. The summed E-state index contributed by atoms with van der Waals surface area (Å²) in [7, 11) is -2.51. The number of ether oxygens (including phenoxy) is 1. The summed E-state index contributed by atoms with van der Waals surface area (Å²) in [5, 5.41) is 8.27. The number of carbonyl (C=O) groups excluding carboxylic acids is 1. The molecule has 0 aliphatic carbocycles. The molecular formula is C10H10N2O4S. The Labute approximate surface area is 98.9 Å². The van der Waals surface area contributed by atoms with Crippen molar-refractivity contribution in [2.45, 2.75) is 11.3 Å². The molecule has 0 saturated carbocycles. The van der Waals surface area contributed by atoms with Gasteiger partial charge in [-0.3, -0.25) is 4.79 Å². The number of nitriles is 1. The number of rotatable bonds is 4. The van der Waals surface area contributed by atoms with E-state index in [-0.39, 0.29) is 11.3 Å². The van der Waals surface area contributed by atoms with Crippen molar-refractivity contribution >= 4 is 16.0 Å². The van der Waals surface area contributed by atoms with Crippen LogP contribution in [0.25, 0.3) is 0 Å². The lowest BCUT2D eigenvalue weighted by atomic mass is 10.2. The molecule has 90 valence electrons. The van der Waals surface area contributed by atoms with Gasteiger partial charge in [-0.2, -0.15) is 5.26 Å². The Morgan fingerprint density at radius 3 is 2.47 bits per heavy atom. The Balaban J connectivity index is 2.89. The lowest BCUT2D eigenvalue weighted by Crippen LogP contribution is -2.18. The first-order chi connectivity index (χ1) is 7.99. The highest BCUT2D eigenvalue weighted by Crippen LogP contribution is 2.10. The molecule has 0 amide bonds. The second-order valence-electron chi connectivity index (χ2n) is 3.11. The fourth-order valence-corrected chi connectivity index (χ4v) is 1.88. The molecule has 6 nitrogen and oxygen atoms in total. The van der Waals surface area contributed by atoms with Gasteiger partial charge in [0.05, 0.1) is 18.4 Å². The van der Waals surface area contributed by atoms with Crippen LogP contribution in [-0.4, -0.2) is 21.5 Å². The predicted octanol–water partition coefficient (Wildman–Crippen LogP) is 0.161. The summed E-state index contributed by atoms with van der Waals surface area (Å²) in [5.74, 6) is -0.407. The van der Waals surface area contributed by atoms with Crippen molar-refractivity contribution in [3.05, 3.63) is 29.8 Å². The first-order valence-electron chi connectivity index (χ1n) is 4.56. The molecule has 0 bridgehead atoms. The van der Waals surface area contributed by atoms with E-state index in [1.165, 1.54) is 37.6 Å². The summed E-state index contributed by atoms with van der Waals surface area (Å²) in [4.78, 5) is 10.9. The minimum atomic E-state index is -3.79. The van der Waals surface area contributed by atoms with Gasteiger partial charge in [0.1, 0.15) is 0 Å². The SMILES string of the molecule is COC(=O)Cc1ccc(S(=O)(=O)NC#N)cc1. The van der Waals surface area contributed by atoms with Gasteiger partial charge >= 0.3 is 5.97 Å². The van der Waals surface area contributed by atoms with Gasteiger partial charge < -0.3 is 4.74 Å². The van der Waals surface area contributed by atoms with Crippen LogP contribution in [0.3, 0.4) is 0 Å². The van der Waals surface area contributed by atoms with Gasteiger partial charge in [-0.25, -0.2) is 13.1 Å². The normalized spacial score (nSPS) is 10.4. The number of nitrogens with zero attached hydrogens (tertiary/aromatic N) is 1. The number of methoxy groups -OCH3 is 1. The van der Waals surface area contributed by atoms with Crippen LogP contribution in [0.5, 0.6) is 0 Å². The molecular weight excluding hydrogens is 244 g/mol. The third kappa shape index (κ3) is 3.46. The maximum atomic E-state index is 11.4. The largest absolute Gasteiger partial charge is 0.469 e. The Hall–Kier alpha value is -2.07. The molecule has 0 saturated heterocycles. The molecule has 17 heavy (non-hydrogen) atoms. The summed E-state index contributed by atoms with van der Waals surface area (Å²) in [6, 6.07) is 5.61. The average Bonchev–Trinajstić information content (AvgIpc) is 2.29. The standard InChI is InChI=1S/C10H10N2O4S/c1-16-10(13)6-8-2-4-9(5-3-8)17(14,15)12-7-11/h2-5,12H,6H2,1H3. The highest BCUT2D eigenvalue weighted by molar-refractivity contribution is 7.89. The molecule has 0 aromatic heterocycles. The van der Waals surface area contributed by atoms with Crippen molar-refractivity contribution in [1.82, 2.24) is 4.72 Å². The molecule has 7 heteroatoms. The summed E-state index contributed by atoms with van der Waals surface area (Å²) in [5.41, 5.74) is 0.632. The smallest absolute Gasteiger partial charge is 0.309 e. The van der Waals surface area contributed by atoms with Crippen LogP contribution in [0.1, 0.15) is 5.56 Å². The van der Waals surface area contributed by atoms with Gasteiger partial charge in [-0.1, -0.05) is 12.1 Å². The number of carbonyl (C=O) groups is 1. The van der Waals surface area contributed by atoms with Gasteiger partial charge in [0.2, 0.25) is 0 Å². The topological polar surface area (TPSA) is 96.3 Å². The maximum Gasteiger partial charge on any atom is 0.309 e. The molecule has 0 aliphatic heterocycles. The van der Waals surface area contributed by atoms with Crippen LogP contribution in [0.2, 0.25) is 0 Å². The van der Waals surface area contributed by atoms with Crippen molar-refractivity contribution in [2.75, 3.05) is 7.11 Å². The number of benzene rings is 1. The molecule has 1 N–H and O–H groups in total. The highest BCUT2D eigenvalue weighted by Gasteiger charge is 2.12. The second-order valence-corrected chi connectivity index (χ2v) is 4.80. The van der Waals surface area contributed by atoms with Crippen molar-refractivity contribution in [3.63, 3.8) is 0 Å². The Bertz CT molecular complexity index is 543. The predicted molar refractivity (Wildman–Crippen MR) is 58.1 cm³/mol. The Kier molecular flexibility index (Phi) is 4.06. The number of hydrogen-bond acceptors (Lipinski definition) is 5. The molecule has 0 aliphatic rings. The van der Waals surface area contributed by atoms with Crippen LogP contribution in [0.15, 0.2) is 29.2 Å².